The smallest absolute Gasteiger partial charge is 0.416 e. The lowest BCUT2D eigenvalue weighted by Gasteiger charge is -2.07. The molecule has 0 spiro atoms. The van der Waals surface area contributed by atoms with Gasteiger partial charge in [0.15, 0.2) is 0 Å². The second-order valence-electron chi connectivity index (χ2n) is 5.51. The van der Waals surface area contributed by atoms with Crippen LogP contribution in [0, 0.1) is 0 Å². The van der Waals surface area contributed by atoms with Gasteiger partial charge in [-0.05, 0) is 36.2 Å². The number of aryl methyl sites for hydroxylation is 1. The van der Waals surface area contributed by atoms with E-state index in [0.29, 0.717) is 28.3 Å². The third kappa shape index (κ3) is 3.08. The molecule has 1 heterocycles. The number of fused-ring (bicyclic) bond motifs is 1. The van der Waals surface area contributed by atoms with Crippen LogP contribution in [-0.4, -0.2) is 27.4 Å². The SMILES string of the molecule is Nc1c(C(=O)c2cccc(CCCl)c2)n(C(=O)O)c2cc(Cl)ccc12. The molecule has 0 saturated heterocycles. The van der Waals surface area contributed by atoms with Crippen molar-refractivity contribution in [1.29, 1.82) is 0 Å². The third-order valence-electron chi connectivity index (χ3n) is 3.95. The Bertz CT molecular complexity index is 995. The average molecular weight is 377 g/mol. The van der Waals surface area contributed by atoms with Crippen molar-refractivity contribution in [3.05, 3.63) is 64.3 Å². The largest absolute Gasteiger partial charge is 0.464 e. The van der Waals surface area contributed by atoms with Crippen molar-refractivity contribution in [2.24, 2.45) is 0 Å². The summed E-state index contributed by atoms with van der Waals surface area (Å²) in [5.74, 6) is -0.0446. The van der Waals surface area contributed by atoms with Gasteiger partial charge in [-0.25, -0.2) is 9.36 Å². The van der Waals surface area contributed by atoms with Gasteiger partial charge in [-0.1, -0.05) is 29.8 Å². The number of nitrogens with zero attached hydrogens (tertiary/aromatic N) is 1. The third-order valence-corrected chi connectivity index (χ3v) is 4.37. The topological polar surface area (TPSA) is 85.3 Å². The molecule has 3 N–H and O–H groups in total. The van der Waals surface area contributed by atoms with Crippen LogP contribution in [0.5, 0.6) is 0 Å². The maximum absolute atomic E-state index is 13.0. The van der Waals surface area contributed by atoms with Crippen LogP contribution in [0.4, 0.5) is 10.5 Å². The summed E-state index contributed by atoms with van der Waals surface area (Å²) in [6, 6.07) is 11.6. The summed E-state index contributed by atoms with van der Waals surface area (Å²) in [6.45, 7) is 0. The van der Waals surface area contributed by atoms with Gasteiger partial charge >= 0.3 is 6.09 Å². The standard InChI is InChI=1S/C18H14Cl2N2O3/c19-7-6-10-2-1-3-11(8-10)17(23)16-15(21)13-5-4-12(20)9-14(13)22(16)18(24)25/h1-5,8-9H,6-7,21H2,(H,24,25). The Labute approximate surface area is 153 Å². The predicted molar refractivity (Wildman–Crippen MR) is 99.1 cm³/mol. The zero-order valence-electron chi connectivity index (χ0n) is 13.0. The molecule has 7 heteroatoms. The van der Waals surface area contributed by atoms with E-state index in [2.05, 4.69) is 0 Å². The fourth-order valence-electron chi connectivity index (χ4n) is 2.82. The number of hydrogen-bond donors (Lipinski definition) is 2. The Morgan fingerprint density at radius 1 is 1.16 bits per heavy atom. The Morgan fingerprint density at radius 2 is 1.92 bits per heavy atom. The van der Waals surface area contributed by atoms with Crippen LogP contribution in [0.2, 0.25) is 5.02 Å². The van der Waals surface area contributed by atoms with Crippen LogP contribution in [0.1, 0.15) is 21.6 Å². The van der Waals surface area contributed by atoms with Crippen molar-refractivity contribution in [1.82, 2.24) is 4.57 Å². The van der Waals surface area contributed by atoms with Gasteiger partial charge in [-0.15, -0.1) is 11.6 Å². The van der Waals surface area contributed by atoms with Crippen molar-refractivity contribution in [3.63, 3.8) is 0 Å². The number of ketones is 1. The van der Waals surface area contributed by atoms with E-state index in [1.165, 1.54) is 6.07 Å². The minimum Gasteiger partial charge on any atom is -0.464 e. The molecule has 0 aliphatic rings. The normalized spacial score (nSPS) is 11.0. The predicted octanol–water partition coefficient (Wildman–Crippen LogP) is 4.42. The Kier molecular flexibility index (Phi) is 4.70. The summed E-state index contributed by atoms with van der Waals surface area (Å²) in [5, 5.41) is 10.4. The number of nitrogens with two attached hydrogens (primary N) is 1. The second kappa shape index (κ2) is 6.78. The van der Waals surface area contributed by atoms with Crippen molar-refractivity contribution in [2.45, 2.75) is 6.42 Å². The highest BCUT2D eigenvalue weighted by atomic mass is 35.5. The van der Waals surface area contributed by atoms with Crippen molar-refractivity contribution >= 4 is 51.7 Å². The van der Waals surface area contributed by atoms with Crippen LogP contribution in [0.15, 0.2) is 42.5 Å². The van der Waals surface area contributed by atoms with Crippen LogP contribution in [0.3, 0.4) is 0 Å². The first-order chi connectivity index (χ1) is 11.9. The number of halogens is 2. The summed E-state index contributed by atoms with van der Waals surface area (Å²) >= 11 is 11.7. The molecule has 3 rings (SSSR count). The molecule has 3 aromatic rings. The lowest BCUT2D eigenvalue weighted by molar-refractivity contribution is 0.102. The quantitative estimate of drug-likeness (QED) is 0.521. The van der Waals surface area contributed by atoms with Crippen molar-refractivity contribution in [3.8, 4) is 0 Å². The fourth-order valence-corrected chi connectivity index (χ4v) is 3.21. The molecule has 0 aliphatic carbocycles. The van der Waals surface area contributed by atoms with Gasteiger partial charge in [0.2, 0.25) is 5.78 Å². The lowest BCUT2D eigenvalue weighted by atomic mass is 10.0. The van der Waals surface area contributed by atoms with E-state index < -0.39 is 11.9 Å². The zero-order chi connectivity index (χ0) is 18.1. The number of nitrogen functional groups attached to an aromatic ring is 1. The highest BCUT2D eigenvalue weighted by Gasteiger charge is 2.25. The molecular weight excluding hydrogens is 363 g/mol. The molecule has 25 heavy (non-hydrogen) atoms. The molecule has 0 atom stereocenters. The molecule has 0 bridgehead atoms. The van der Waals surface area contributed by atoms with Crippen molar-refractivity contribution < 1.29 is 14.7 Å². The number of carbonyl (C=O) groups is 2. The number of hydrogen-bond acceptors (Lipinski definition) is 3. The molecule has 0 amide bonds. The first kappa shape index (κ1) is 17.3. The summed E-state index contributed by atoms with van der Waals surface area (Å²) in [4.78, 5) is 24.7. The molecule has 128 valence electrons. The van der Waals surface area contributed by atoms with Gasteiger partial charge in [0.25, 0.3) is 0 Å². The Morgan fingerprint density at radius 3 is 2.60 bits per heavy atom. The Hall–Kier alpha value is -2.50. The highest BCUT2D eigenvalue weighted by molar-refractivity contribution is 6.31. The molecule has 0 saturated carbocycles. The minimum absolute atomic E-state index is 0.0900. The molecule has 0 aliphatic heterocycles. The van der Waals surface area contributed by atoms with Gasteiger partial charge in [0, 0.05) is 21.9 Å². The molecular formula is C18H14Cl2N2O3. The minimum atomic E-state index is -1.30. The fraction of sp³-hybridized carbons (Fsp3) is 0.111. The summed E-state index contributed by atoms with van der Waals surface area (Å²) in [5.41, 5.74) is 7.63. The highest BCUT2D eigenvalue weighted by Crippen LogP contribution is 2.32. The van der Waals surface area contributed by atoms with Crippen LogP contribution < -0.4 is 5.73 Å². The van der Waals surface area contributed by atoms with Gasteiger partial charge in [-0.3, -0.25) is 4.79 Å². The van der Waals surface area contributed by atoms with E-state index in [-0.39, 0.29) is 16.9 Å². The zero-order valence-corrected chi connectivity index (χ0v) is 14.5. The molecule has 1 aromatic heterocycles. The summed E-state index contributed by atoms with van der Waals surface area (Å²) < 4.78 is 0.882. The summed E-state index contributed by atoms with van der Waals surface area (Å²) in [6.07, 6.45) is -0.695. The molecule has 0 fully saturated rings. The van der Waals surface area contributed by atoms with Gasteiger partial charge in [0.05, 0.1) is 11.2 Å². The first-order valence-corrected chi connectivity index (χ1v) is 8.37. The monoisotopic (exact) mass is 376 g/mol. The number of alkyl halides is 1. The van der Waals surface area contributed by atoms with E-state index in [1.807, 2.05) is 6.07 Å². The molecule has 0 unspecified atom stereocenters. The van der Waals surface area contributed by atoms with Crippen LogP contribution in [-0.2, 0) is 6.42 Å². The molecule has 5 nitrogen and oxygen atoms in total. The van der Waals surface area contributed by atoms with Crippen molar-refractivity contribution in [2.75, 3.05) is 11.6 Å². The lowest BCUT2D eigenvalue weighted by Crippen LogP contribution is -2.17. The number of carboxylic acid groups (broad SMARTS) is 1. The van der Waals surface area contributed by atoms with E-state index in [9.17, 15) is 14.7 Å². The van der Waals surface area contributed by atoms with Crippen LogP contribution in [0.25, 0.3) is 10.9 Å². The number of rotatable bonds is 4. The maximum atomic E-state index is 13.0. The van der Waals surface area contributed by atoms with E-state index in [4.69, 9.17) is 28.9 Å². The number of benzene rings is 2. The van der Waals surface area contributed by atoms with Gasteiger partial charge < -0.3 is 10.8 Å². The van der Waals surface area contributed by atoms with Gasteiger partial charge in [-0.2, -0.15) is 0 Å². The first-order valence-electron chi connectivity index (χ1n) is 7.46. The number of aromatic nitrogens is 1. The number of anilines is 1. The van der Waals surface area contributed by atoms with E-state index in [1.54, 1.807) is 30.3 Å². The molecule has 0 radical (unpaired) electrons. The average Bonchev–Trinajstić information content (AvgIpc) is 2.87. The molecule has 2 aromatic carbocycles. The summed E-state index contributed by atoms with van der Waals surface area (Å²) in [7, 11) is 0. The second-order valence-corrected chi connectivity index (χ2v) is 6.32. The maximum Gasteiger partial charge on any atom is 0.416 e. The number of carbonyl (C=O) groups excluding carboxylic acids is 1. The van der Waals surface area contributed by atoms with E-state index in [0.717, 1.165) is 10.1 Å². The Balaban J connectivity index is 2.22. The van der Waals surface area contributed by atoms with Gasteiger partial charge in [0.1, 0.15) is 5.69 Å². The van der Waals surface area contributed by atoms with Crippen LogP contribution >= 0.6 is 23.2 Å². The van der Waals surface area contributed by atoms with E-state index >= 15 is 0 Å².